The summed E-state index contributed by atoms with van der Waals surface area (Å²) >= 11 is 0. The van der Waals surface area contributed by atoms with Crippen molar-refractivity contribution in [3.63, 3.8) is 0 Å². The summed E-state index contributed by atoms with van der Waals surface area (Å²) in [5.41, 5.74) is 3.73. The van der Waals surface area contributed by atoms with Crippen molar-refractivity contribution >= 4 is 0 Å². The number of benzene rings is 1. The van der Waals surface area contributed by atoms with E-state index in [4.69, 9.17) is 0 Å². The van der Waals surface area contributed by atoms with E-state index in [0.29, 0.717) is 0 Å². The summed E-state index contributed by atoms with van der Waals surface area (Å²) in [4.78, 5) is 0. The van der Waals surface area contributed by atoms with Crippen LogP contribution < -0.4 is 10.6 Å². The summed E-state index contributed by atoms with van der Waals surface area (Å²) in [5.74, 6) is 0. The van der Waals surface area contributed by atoms with Crippen LogP contribution in [0.5, 0.6) is 0 Å². The first-order valence-corrected chi connectivity index (χ1v) is 12.3. The minimum atomic E-state index is 0.232. The van der Waals surface area contributed by atoms with E-state index >= 15 is 0 Å². The van der Waals surface area contributed by atoms with E-state index in [1.165, 1.54) is 24.0 Å². The van der Waals surface area contributed by atoms with Gasteiger partial charge in [0.2, 0.25) is 0 Å². The Labute approximate surface area is 207 Å². The molecule has 0 aromatic heterocycles. The molecule has 2 heteroatoms. The van der Waals surface area contributed by atoms with Gasteiger partial charge < -0.3 is 10.6 Å². The summed E-state index contributed by atoms with van der Waals surface area (Å²) in [6.07, 6.45) is 17.1. The van der Waals surface area contributed by atoms with Gasteiger partial charge in [0, 0.05) is 11.7 Å². The third kappa shape index (κ3) is 25.6. The molecule has 0 aliphatic heterocycles. The van der Waals surface area contributed by atoms with Gasteiger partial charge in [0.15, 0.2) is 0 Å². The first-order valence-electron chi connectivity index (χ1n) is 12.3. The molecule has 186 valence electrons. The van der Waals surface area contributed by atoms with Crippen molar-refractivity contribution in [2.45, 2.75) is 72.8 Å². The molecule has 0 radical (unpaired) electrons. The molecule has 2 nitrogen and oxygen atoms in total. The minimum Gasteiger partial charge on any atom is -0.382 e. The topological polar surface area (TPSA) is 24.1 Å². The van der Waals surface area contributed by atoms with Gasteiger partial charge in [-0.1, -0.05) is 119 Å². The summed E-state index contributed by atoms with van der Waals surface area (Å²) in [6, 6.07) is 10.7. The quantitative estimate of drug-likeness (QED) is 0.178. The largest absolute Gasteiger partial charge is 0.382 e. The van der Waals surface area contributed by atoms with Crippen LogP contribution in [0.1, 0.15) is 65.9 Å². The highest BCUT2D eigenvalue weighted by molar-refractivity contribution is 5.20. The Hall–Kier alpha value is -2.58. The number of rotatable bonds is 13. The maximum absolute atomic E-state index is 4.14. The van der Waals surface area contributed by atoms with E-state index < -0.39 is 0 Å². The van der Waals surface area contributed by atoms with Crippen LogP contribution in [0.3, 0.4) is 0 Å². The maximum atomic E-state index is 4.14. The molecule has 1 aromatic carbocycles. The molecule has 0 saturated carbocycles. The van der Waals surface area contributed by atoms with Gasteiger partial charge in [-0.2, -0.15) is 0 Å². The Morgan fingerprint density at radius 1 is 1.00 bits per heavy atom. The molecule has 0 fully saturated rings. The molecule has 1 atom stereocenters. The van der Waals surface area contributed by atoms with Crippen LogP contribution in [0.4, 0.5) is 0 Å². The van der Waals surface area contributed by atoms with E-state index in [1.807, 2.05) is 40.0 Å². The SMILES string of the molecule is C=CC=C.C=C[C@H](Cc1ccccc1)NC(=C)CCC(/C=C\C)=C/C.CC.CCCCNC. The van der Waals surface area contributed by atoms with Crippen molar-refractivity contribution in [3.05, 3.63) is 110 Å². The van der Waals surface area contributed by atoms with Crippen molar-refractivity contribution < 1.29 is 0 Å². The first kappa shape index (κ1) is 35.0. The highest BCUT2D eigenvalue weighted by Crippen LogP contribution is 2.12. The van der Waals surface area contributed by atoms with Crippen LogP contribution in [0, 0.1) is 0 Å². The van der Waals surface area contributed by atoms with E-state index in [2.05, 4.69) is 93.3 Å². The van der Waals surface area contributed by atoms with Crippen LogP contribution in [0.15, 0.2) is 104 Å². The Bertz CT molecular complexity index is 628. The second-order valence-electron chi connectivity index (χ2n) is 7.07. The predicted molar refractivity (Wildman–Crippen MR) is 155 cm³/mol. The van der Waals surface area contributed by atoms with Crippen LogP contribution in [0.2, 0.25) is 0 Å². The van der Waals surface area contributed by atoms with E-state index in [0.717, 1.165) is 31.5 Å². The fourth-order valence-corrected chi connectivity index (χ4v) is 2.58. The predicted octanol–water partition coefficient (Wildman–Crippen LogP) is 8.58. The van der Waals surface area contributed by atoms with Crippen LogP contribution in [0.25, 0.3) is 0 Å². The zero-order valence-corrected chi connectivity index (χ0v) is 22.5. The van der Waals surface area contributed by atoms with Crippen molar-refractivity contribution in [3.8, 4) is 0 Å². The second-order valence-corrected chi connectivity index (χ2v) is 7.07. The number of nitrogens with one attached hydrogen (secondary N) is 2. The molecule has 0 heterocycles. The molecule has 0 unspecified atom stereocenters. The highest BCUT2D eigenvalue weighted by atomic mass is 14.9. The first-order chi connectivity index (χ1) is 16.0. The molecular weight excluding hydrogens is 400 g/mol. The lowest BCUT2D eigenvalue weighted by molar-refractivity contribution is 0.642. The van der Waals surface area contributed by atoms with Gasteiger partial charge >= 0.3 is 0 Å². The van der Waals surface area contributed by atoms with E-state index in [-0.39, 0.29) is 6.04 Å². The third-order valence-corrected chi connectivity index (χ3v) is 4.39. The third-order valence-electron chi connectivity index (χ3n) is 4.39. The Balaban J connectivity index is -0.000000621. The summed E-state index contributed by atoms with van der Waals surface area (Å²) < 4.78 is 0. The van der Waals surface area contributed by atoms with Gasteiger partial charge in [0.25, 0.3) is 0 Å². The fraction of sp³-hybridized carbons (Fsp3) is 0.419. The van der Waals surface area contributed by atoms with Gasteiger partial charge in [-0.25, -0.2) is 0 Å². The lowest BCUT2D eigenvalue weighted by Gasteiger charge is -2.18. The minimum absolute atomic E-state index is 0.232. The zero-order valence-electron chi connectivity index (χ0n) is 22.5. The molecule has 0 amide bonds. The number of allylic oxidation sites excluding steroid dienone is 7. The number of hydrogen-bond donors (Lipinski definition) is 2. The van der Waals surface area contributed by atoms with E-state index in [9.17, 15) is 0 Å². The summed E-state index contributed by atoms with van der Waals surface area (Å²) in [6.45, 7) is 26.3. The Morgan fingerprint density at radius 2 is 1.61 bits per heavy atom. The summed E-state index contributed by atoms with van der Waals surface area (Å²) in [5, 5.41) is 6.54. The lowest BCUT2D eigenvalue weighted by atomic mass is 10.0. The maximum Gasteiger partial charge on any atom is 0.0479 e. The van der Waals surface area contributed by atoms with Crippen LogP contribution in [-0.2, 0) is 6.42 Å². The fourth-order valence-electron chi connectivity index (χ4n) is 2.58. The Kier molecular flexibility index (Phi) is 31.2. The van der Waals surface area contributed by atoms with Gasteiger partial charge in [0.05, 0.1) is 0 Å². The number of unbranched alkanes of at least 4 members (excludes halogenated alkanes) is 1. The molecule has 2 N–H and O–H groups in total. The standard InChI is InChI=1S/C20H27N.C5H13N.C4H6.C2H6/c1-5-11-18(6-2)15-14-17(4)21-20(7-3)16-19-12-9-8-10-13-19;1-3-4-5-6-2;1-3-4-2;1-2/h5-13,20-21H,3-4,14-16H2,1-2H3;6H,3-5H2,1-2H3;3-4H,1-2H2;1-2H3/b11-5-,18-6+;;;/t20-;;;/m1.../s1. The lowest BCUT2D eigenvalue weighted by Crippen LogP contribution is -2.28. The molecule has 0 bridgehead atoms. The highest BCUT2D eigenvalue weighted by Gasteiger charge is 2.06. The molecule has 1 rings (SSSR count). The van der Waals surface area contributed by atoms with E-state index in [1.54, 1.807) is 12.2 Å². The monoisotopic (exact) mass is 452 g/mol. The van der Waals surface area contributed by atoms with Crippen molar-refractivity contribution in [1.29, 1.82) is 0 Å². The molecule has 0 aliphatic carbocycles. The van der Waals surface area contributed by atoms with Crippen molar-refractivity contribution in [2.75, 3.05) is 13.6 Å². The van der Waals surface area contributed by atoms with Crippen molar-refractivity contribution in [1.82, 2.24) is 10.6 Å². The smallest absolute Gasteiger partial charge is 0.0479 e. The normalized spacial score (nSPS) is 10.8. The van der Waals surface area contributed by atoms with Crippen molar-refractivity contribution in [2.24, 2.45) is 0 Å². The van der Waals surface area contributed by atoms with Gasteiger partial charge in [-0.15, -0.1) is 6.58 Å². The molecule has 0 saturated heterocycles. The van der Waals surface area contributed by atoms with Crippen LogP contribution >= 0.6 is 0 Å². The molecular formula is C31H52N2. The molecule has 1 aromatic rings. The average Bonchev–Trinajstić information content (AvgIpc) is 2.87. The second kappa shape index (κ2) is 29.4. The zero-order chi connectivity index (χ0) is 25.7. The van der Waals surface area contributed by atoms with Gasteiger partial charge in [-0.05, 0) is 58.7 Å². The summed E-state index contributed by atoms with van der Waals surface area (Å²) in [7, 11) is 1.98. The molecule has 0 aliphatic rings. The van der Waals surface area contributed by atoms with Gasteiger partial charge in [-0.3, -0.25) is 0 Å². The molecule has 0 spiro atoms. The van der Waals surface area contributed by atoms with Crippen LogP contribution in [-0.4, -0.2) is 19.6 Å². The van der Waals surface area contributed by atoms with Gasteiger partial charge in [0.1, 0.15) is 0 Å². The molecule has 33 heavy (non-hydrogen) atoms. The Morgan fingerprint density at radius 3 is 2.00 bits per heavy atom. The average molecular weight is 453 g/mol. The number of hydrogen-bond acceptors (Lipinski definition) is 2.